The van der Waals surface area contributed by atoms with E-state index in [2.05, 4.69) is 15.2 Å². The first-order chi connectivity index (χ1) is 14.9. The second-order valence-corrected chi connectivity index (χ2v) is 7.67. The molecule has 10 nitrogen and oxygen atoms in total. The summed E-state index contributed by atoms with van der Waals surface area (Å²) in [7, 11) is 0. The van der Waals surface area contributed by atoms with Crippen LogP contribution < -0.4 is 11.2 Å². The lowest BCUT2D eigenvalue weighted by molar-refractivity contribution is 0.371. The molecule has 0 unspecified atom stereocenters. The van der Waals surface area contributed by atoms with E-state index < -0.39 is 11.2 Å². The lowest BCUT2D eigenvalue weighted by atomic mass is 10.1. The number of nitrogens with one attached hydrogen (secondary N) is 3. The maximum atomic E-state index is 12.9. The van der Waals surface area contributed by atoms with Gasteiger partial charge in [-0.15, -0.1) is 0 Å². The van der Waals surface area contributed by atoms with Crippen LogP contribution in [-0.2, 0) is 19.5 Å². The first-order valence-electron chi connectivity index (χ1n) is 9.72. The van der Waals surface area contributed by atoms with E-state index in [1.807, 2.05) is 13.0 Å². The maximum Gasteiger partial charge on any atom is 0.332 e. The van der Waals surface area contributed by atoms with Crippen LogP contribution in [0, 0.1) is 10.9 Å². The molecule has 3 aromatic rings. The summed E-state index contributed by atoms with van der Waals surface area (Å²) in [5.74, 6) is 0.0923. The molecule has 0 amide bonds. The van der Waals surface area contributed by atoms with Crippen LogP contribution in [0.25, 0.3) is 11.2 Å². The number of hydrogen-bond acceptors (Lipinski definition) is 6. The zero-order valence-corrected chi connectivity index (χ0v) is 18.4. The van der Waals surface area contributed by atoms with E-state index in [1.165, 1.54) is 9.58 Å². The number of halogens is 2. The van der Waals surface area contributed by atoms with Crippen molar-refractivity contribution in [3.8, 4) is 0 Å². The standard InChI is InChI=1S/C19H22Cl2N8O2/c1-2-8-27-16-15(24-18(21)25-16)17(30)28(19(27)31)9-5-10-29(26-23)14(22)11-12-6-3-4-7-13(12)20/h3-4,6-7,22-23H,2,5,8-11H2,1H3,(H,24,25). The van der Waals surface area contributed by atoms with Crippen LogP contribution in [0.15, 0.2) is 39.1 Å². The largest absolute Gasteiger partial charge is 0.332 e. The van der Waals surface area contributed by atoms with Gasteiger partial charge in [0.1, 0.15) is 5.84 Å². The molecule has 1 aromatic carbocycles. The highest BCUT2D eigenvalue weighted by Gasteiger charge is 2.17. The lowest BCUT2D eigenvalue weighted by Gasteiger charge is -2.18. The average molecular weight is 465 g/mol. The summed E-state index contributed by atoms with van der Waals surface area (Å²) in [5.41, 5.74) is 7.58. The van der Waals surface area contributed by atoms with E-state index in [0.29, 0.717) is 24.4 Å². The Kier molecular flexibility index (Phi) is 7.24. The molecule has 3 N–H and O–H groups in total. The van der Waals surface area contributed by atoms with E-state index in [4.69, 9.17) is 34.1 Å². The number of aromatic amines is 1. The predicted molar refractivity (Wildman–Crippen MR) is 119 cm³/mol. The fourth-order valence-electron chi connectivity index (χ4n) is 3.30. The molecule has 3 rings (SSSR count). The third-order valence-electron chi connectivity index (χ3n) is 4.78. The highest BCUT2D eigenvalue weighted by Crippen LogP contribution is 2.16. The summed E-state index contributed by atoms with van der Waals surface area (Å²) in [4.78, 5) is 32.4. The Hall–Kier alpha value is -2.98. The molecule has 0 radical (unpaired) electrons. The van der Waals surface area contributed by atoms with Gasteiger partial charge in [0.05, 0.1) is 0 Å². The number of imidazole rings is 1. The Labute approximate surface area is 187 Å². The Morgan fingerprint density at radius 1 is 1.23 bits per heavy atom. The highest BCUT2D eigenvalue weighted by atomic mass is 35.5. The van der Waals surface area contributed by atoms with Crippen molar-refractivity contribution in [3.63, 3.8) is 0 Å². The molecule has 0 fully saturated rings. The van der Waals surface area contributed by atoms with Crippen molar-refractivity contribution in [1.29, 1.82) is 10.9 Å². The molecule has 0 bridgehead atoms. The molecule has 0 saturated carbocycles. The number of rotatable bonds is 9. The van der Waals surface area contributed by atoms with Crippen molar-refractivity contribution in [3.05, 3.63) is 61.0 Å². The topological polar surface area (TPSA) is 136 Å². The Bertz CT molecular complexity index is 1230. The number of hydrogen-bond donors (Lipinski definition) is 3. The number of H-pyrrole nitrogens is 1. The van der Waals surface area contributed by atoms with Gasteiger partial charge in [-0.05, 0) is 36.1 Å². The molecule has 0 atom stereocenters. The molecule has 12 heteroatoms. The van der Waals surface area contributed by atoms with Crippen molar-refractivity contribution in [1.82, 2.24) is 24.1 Å². The van der Waals surface area contributed by atoms with Crippen LogP contribution in [-0.4, -0.2) is 36.5 Å². The molecular weight excluding hydrogens is 443 g/mol. The van der Waals surface area contributed by atoms with E-state index in [0.717, 1.165) is 10.1 Å². The van der Waals surface area contributed by atoms with Gasteiger partial charge in [0.2, 0.25) is 5.28 Å². The lowest BCUT2D eigenvalue weighted by Crippen LogP contribution is -2.41. The Morgan fingerprint density at radius 3 is 2.65 bits per heavy atom. The molecular formula is C19H22Cl2N8O2. The molecule has 0 aliphatic heterocycles. The van der Waals surface area contributed by atoms with Gasteiger partial charge >= 0.3 is 5.69 Å². The minimum Gasteiger partial charge on any atom is -0.323 e. The van der Waals surface area contributed by atoms with Crippen LogP contribution in [0.3, 0.4) is 0 Å². The van der Waals surface area contributed by atoms with Crippen LogP contribution in [0.2, 0.25) is 10.3 Å². The van der Waals surface area contributed by atoms with Crippen LogP contribution >= 0.6 is 23.2 Å². The van der Waals surface area contributed by atoms with Gasteiger partial charge in [-0.2, -0.15) is 10.5 Å². The van der Waals surface area contributed by atoms with Gasteiger partial charge in [-0.25, -0.2) is 9.80 Å². The van der Waals surface area contributed by atoms with Crippen LogP contribution in [0.4, 0.5) is 0 Å². The molecule has 0 aliphatic carbocycles. The van der Waals surface area contributed by atoms with Gasteiger partial charge in [-0.3, -0.25) is 19.3 Å². The number of nitrogens with zero attached hydrogens (tertiary/aromatic N) is 5. The average Bonchev–Trinajstić information content (AvgIpc) is 3.14. The number of benzene rings is 1. The molecule has 0 saturated heterocycles. The summed E-state index contributed by atoms with van der Waals surface area (Å²) in [6, 6.07) is 7.16. The maximum absolute atomic E-state index is 12.9. The third kappa shape index (κ3) is 4.86. The summed E-state index contributed by atoms with van der Waals surface area (Å²) in [6.45, 7) is 2.60. The molecule has 164 valence electrons. The first kappa shape index (κ1) is 22.7. The smallest absolute Gasteiger partial charge is 0.323 e. The van der Waals surface area contributed by atoms with Gasteiger partial charge in [0, 0.05) is 31.1 Å². The fourth-order valence-corrected chi connectivity index (χ4v) is 3.68. The Morgan fingerprint density at radius 2 is 1.97 bits per heavy atom. The van der Waals surface area contributed by atoms with Gasteiger partial charge < -0.3 is 4.98 Å². The molecule has 2 aromatic heterocycles. The minimum atomic E-state index is -0.507. The first-order valence-corrected chi connectivity index (χ1v) is 10.5. The molecule has 0 aliphatic rings. The van der Waals surface area contributed by atoms with E-state index in [-0.39, 0.29) is 41.8 Å². The molecule has 2 heterocycles. The van der Waals surface area contributed by atoms with Gasteiger partial charge in [0.25, 0.3) is 5.56 Å². The monoisotopic (exact) mass is 464 g/mol. The number of aryl methyl sites for hydroxylation is 1. The third-order valence-corrected chi connectivity index (χ3v) is 5.33. The molecule has 0 spiro atoms. The quantitative estimate of drug-likeness (QED) is 0.147. The number of aromatic nitrogens is 4. The SMILES string of the molecule is CCCn1c(=O)n(CCCN(N=N)C(=N)Cc2ccccc2Cl)c(=O)c2[nH]c(Cl)nc21. The van der Waals surface area contributed by atoms with Crippen LogP contribution in [0.5, 0.6) is 0 Å². The number of amidine groups is 1. The predicted octanol–water partition coefficient (Wildman–Crippen LogP) is 3.46. The van der Waals surface area contributed by atoms with Crippen molar-refractivity contribution < 1.29 is 0 Å². The number of fused-ring (bicyclic) bond motifs is 1. The summed E-state index contributed by atoms with van der Waals surface area (Å²) in [6.07, 6.45) is 1.22. The zero-order valence-electron chi connectivity index (χ0n) is 16.9. The van der Waals surface area contributed by atoms with Crippen LogP contribution in [0.1, 0.15) is 25.3 Å². The van der Waals surface area contributed by atoms with E-state index >= 15 is 0 Å². The Balaban J connectivity index is 1.76. The van der Waals surface area contributed by atoms with Gasteiger partial charge in [0.15, 0.2) is 11.2 Å². The summed E-state index contributed by atoms with van der Waals surface area (Å²) < 4.78 is 2.54. The van der Waals surface area contributed by atoms with Gasteiger partial charge in [-0.1, -0.05) is 41.9 Å². The van der Waals surface area contributed by atoms with E-state index in [1.54, 1.807) is 18.2 Å². The van der Waals surface area contributed by atoms with Crippen molar-refractivity contribution in [2.75, 3.05) is 6.54 Å². The zero-order chi connectivity index (χ0) is 22.5. The second kappa shape index (κ2) is 9.88. The second-order valence-electron chi connectivity index (χ2n) is 6.91. The van der Waals surface area contributed by atoms with E-state index in [9.17, 15) is 9.59 Å². The minimum absolute atomic E-state index is 0.0429. The summed E-state index contributed by atoms with van der Waals surface area (Å²) in [5, 5.41) is 13.4. The fraction of sp³-hybridized carbons (Fsp3) is 0.368. The summed E-state index contributed by atoms with van der Waals surface area (Å²) >= 11 is 12.0. The normalized spacial score (nSPS) is 11.1. The molecule has 31 heavy (non-hydrogen) atoms. The highest BCUT2D eigenvalue weighted by molar-refractivity contribution is 6.31. The van der Waals surface area contributed by atoms with Crippen molar-refractivity contribution in [2.45, 2.75) is 39.3 Å². The van der Waals surface area contributed by atoms with Crippen molar-refractivity contribution in [2.24, 2.45) is 5.22 Å². The van der Waals surface area contributed by atoms with Crippen molar-refractivity contribution >= 4 is 40.2 Å².